The van der Waals surface area contributed by atoms with Crippen molar-refractivity contribution in [1.29, 1.82) is 0 Å². The summed E-state index contributed by atoms with van der Waals surface area (Å²) in [5, 5.41) is 22.7. The number of piperidine rings is 1. The van der Waals surface area contributed by atoms with Crippen molar-refractivity contribution in [1.82, 2.24) is 4.90 Å². The number of ether oxygens (including phenoxy) is 4. The quantitative estimate of drug-likeness (QED) is 0.625. The Hall–Kier alpha value is -0.540. The Balaban J connectivity index is 1.60. The topological polar surface area (TPSA) is 80.6 Å². The molecule has 7 heteroatoms. The zero-order chi connectivity index (χ0) is 21.7. The molecule has 0 aromatic rings. The first-order chi connectivity index (χ1) is 15.0. The maximum absolute atomic E-state index is 11.4. The van der Waals surface area contributed by atoms with Gasteiger partial charge in [-0.25, -0.2) is 0 Å². The second-order valence-corrected chi connectivity index (χ2v) is 10.9. The van der Waals surface area contributed by atoms with Crippen LogP contribution in [0.1, 0.15) is 26.2 Å². The maximum atomic E-state index is 11.4. The first-order valence-electron chi connectivity index (χ1n) is 12.0. The smallest absolute Gasteiger partial charge is 0.120 e. The van der Waals surface area contributed by atoms with Gasteiger partial charge in [-0.3, -0.25) is 4.90 Å². The molecule has 31 heavy (non-hydrogen) atoms. The van der Waals surface area contributed by atoms with Crippen molar-refractivity contribution in [3.05, 3.63) is 11.6 Å². The van der Waals surface area contributed by atoms with Crippen LogP contribution >= 0.6 is 0 Å². The summed E-state index contributed by atoms with van der Waals surface area (Å²) in [6.45, 7) is 4.80. The molecule has 2 N–H and O–H groups in total. The number of methoxy groups -OCH3 is 3. The van der Waals surface area contributed by atoms with E-state index in [4.69, 9.17) is 18.9 Å². The van der Waals surface area contributed by atoms with Crippen LogP contribution in [0.5, 0.6) is 0 Å². The number of fused-ring (bicyclic) bond motifs is 1. The fourth-order valence-corrected chi connectivity index (χ4v) is 9.48. The van der Waals surface area contributed by atoms with Gasteiger partial charge in [0, 0.05) is 56.5 Å². The third-order valence-corrected chi connectivity index (χ3v) is 10.2. The van der Waals surface area contributed by atoms with Gasteiger partial charge in [0.2, 0.25) is 0 Å². The Morgan fingerprint density at radius 3 is 2.71 bits per heavy atom. The lowest BCUT2D eigenvalue weighted by Crippen LogP contribution is -2.71. The summed E-state index contributed by atoms with van der Waals surface area (Å²) in [6, 6.07) is 0. The lowest BCUT2D eigenvalue weighted by atomic mass is 9.46. The average molecular weight is 436 g/mol. The van der Waals surface area contributed by atoms with E-state index in [9.17, 15) is 10.2 Å². The van der Waals surface area contributed by atoms with E-state index in [-0.39, 0.29) is 59.0 Å². The highest BCUT2D eigenvalue weighted by Gasteiger charge is 2.78. The van der Waals surface area contributed by atoms with Gasteiger partial charge in [0.15, 0.2) is 0 Å². The predicted molar refractivity (Wildman–Crippen MR) is 112 cm³/mol. The Morgan fingerprint density at radius 2 is 2.03 bits per heavy atom. The molecule has 0 radical (unpaired) electrons. The summed E-state index contributed by atoms with van der Waals surface area (Å²) in [5.41, 5.74) is 0.689. The molecule has 7 bridgehead atoms. The minimum absolute atomic E-state index is 0.0121. The predicted octanol–water partition coefficient (Wildman–Crippen LogP) is 1.03. The minimum atomic E-state index is -0.686. The van der Waals surface area contributed by atoms with Gasteiger partial charge < -0.3 is 29.2 Å². The molecule has 7 nitrogen and oxygen atoms in total. The van der Waals surface area contributed by atoms with E-state index < -0.39 is 12.2 Å². The van der Waals surface area contributed by atoms with Crippen LogP contribution in [0, 0.1) is 34.5 Å². The Bertz CT molecular complexity index is 775. The molecular formula is C24H37NO6. The van der Waals surface area contributed by atoms with E-state index in [1.165, 1.54) is 0 Å². The number of hydrogen-bond acceptors (Lipinski definition) is 7. The zero-order valence-corrected chi connectivity index (χ0v) is 19.1. The fourth-order valence-electron chi connectivity index (χ4n) is 9.48. The van der Waals surface area contributed by atoms with Gasteiger partial charge in [-0.2, -0.15) is 0 Å². The molecule has 12 atom stereocenters. The number of rotatable bonds is 5. The minimum Gasteiger partial charge on any atom is -0.392 e. The van der Waals surface area contributed by atoms with Crippen LogP contribution in [-0.2, 0) is 18.9 Å². The molecule has 3 saturated carbocycles. The highest BCUT2D eigenvalue weighted by atomic mass is 16.5. The van der Waals surface area contributed by atoms with E-state index >= 15 is 0 Å². The number of nitrogens with zero attached hydrogens (tertiary/aromatic N) is 1. The Kier molecular flexibility index (Phi) is 4.74. The van der Waals surface area contributed by atoms with Crippen LogP contribution in [0.4, 0.5) is 0 Å². The molecule has 174 valence electrons. The van der Waals surface area contributed by atoms with Crippen LogP contribution in [0.15, 0.2) is 11.6 Å². The molecule has 2 aliphatic heterocycles. The van der Waals surface area contributed by atoms with Gasteiger partial charge >= 0.3 is 0 Å². The molecular weight excluding hydrogens is 398 g/mol. The van der Waals surface area contributed by atoms with Crippen LogP contribution < -0.4 is 0 Å². The normalized spacial score (nSPS) is 57.0. The van der Waals surface area contributed by atoms with Crippen molar-refractivity contribution >= 4 is 0 Å². The third kappa shape index (κ3) is 2.29. The van der Waals surface area contributed by atoms with Crippen molar-refractivity contribution in [2.75, 3.05) is 41.0 Å². The first kappa shape index (κ1) is 21.0. The summed E-state index contributed by atoms with van der Waals surface area (Å²) in [4.78, 5) is 2.50. The molecule has 2 saturated heterocycles. The molecule has 6 aliphatic rings. The van der Waals surface area contributed by atoms with Crippen LogP contribution in [-0.4, -0.2) is 92.9 Å². The number of aliphatic hydroxyl groups excluding tert-OH is 2. The van der Waals surface area contributed by atoms with Gasteiger partial charge in [0.25, 0.3) is 0 Å². The van der Waals surface area contributed by atoms with Gasteiger partial charge in [-0.1, -0.05) is 13.0 Å². The summed E-state index contributed by atoms with van der Waals surface area (Å²) in [7, 11) is 5.30. The molecule has 0 aromatic heterocycles. The van der Waals surface area contributed by atoms with Crippen molar-refractivity contribution in [2.45, 2.75) is 62.9 Å². The van der Waals surface area contributed by atoms with Gasteiger partial charge in [-0.15, -0.1) is 0 Å². The van der Waals surface area contributed by atoms with Crippen LogP contribution in [0.25, 0.3) is 0 Å². The summed E-state index contributed by atoms with van der Waals surface area (Å²) in [5.74, 6) is 0.324. The molecule has 0 aromatic carbocycles. The lowest BCUT2D eigenvalue weighted by molar-refractivity contribution is -0.246. The van der Waals surface area contributed by atoms with E-state index in [0.29, 0.717) is 6.61 Å². The monoisotopic (exact) mass is 435 g/mol. The highest BCUT2D eigenvalue weighted by Crippen LogP contribution is 2.73. The molecule has 5 fully saturated rings. The van der Waals surface area contributed by atoms with Crippen molar-refractivity contribution in [3.8, 4) is 0 Å². The maximum Gasteiger partial charge on any atom is 0.120 e. The summed E-state index contributed by atoms with van der Waals surface area (Å²) >= 11 is 0. The number of aliphatic hydroxyl groups is 2. The summed E-state index contributed by atoms with van der Waals surface area (Å²) < 4.78 is 24.8. The van der Waals surface area contributed by atoms with E-state index in [1.54, 1.807) is 14.2 Å². The van der Waals surface area contributed by atoms with E-state index in [0.717, 1.165) is 37.9 Å². The SMILES string of the molecule is CCN1C[C@]2(COC)CC[C@H](OC)[C@@]34C1O[C@H](C=C1[C@H]5[C@@H](O)[C@H](C[C@H]53)[C@@H](OC)[C@@H]1O)[C@H]24. The highest BCUT2D eigenvalue weighted by molar-refractivity contribution is 5.36. The second kappa shape index (κ2) is 6.98. The Morgan fingerprint density at radius 1 is 1.23 bits per heavy atom. The first-order valence-corrected chi connectivity index (χ1v) is 12.0. The van der Waals surface area contributed by atoms with Crippen molar-refractivity contribution < 1.29 is 29.2 Å². The number of likely N-dealkylation sites (tertiary alicyclic amines) is 1. The Labute approximate surface area is 184 Å². The standard InChI is InChI=1S/C24H37NO6/c1-5-25-10-23(11-28-2)7-6-16(29-3)24-14-8-13-18(26)17(14)12(19(27)20(13)30-4)9-15(21(23)24)31-22(24)25/h9,13-22,26-27H,5-8,10-11H2,1-4H3/t13-,14+,15+,16-,17+,18-,19+,20+,21+,22?,23-,24-/m0/s1. The largest absolute Gasteiger partial charge is 0.392 e. The van der Waals surface area contributed by atoms with Gasteiger partial charge in [0.1, 0.15) is 12.3 Å². The molecule has 2 heterocycles. The van der Waals surface area contributed by atoms with Crippen LogP contribution in [0.3, 0.4) is 0 Å². The van der Waals surface area contributed by atoms with Gasteiger partial charge in [-0.05, 0) is 37.3 Å². The van der Waals surface area contributed by atoms with Crippen molar-refractivity contribution in [2.24, 2.45) is 34.5 Å². The van der Waals surface area contributed by atoms with E-state index in [1.807, 2.05) is 7.11 Å². The van der Waals surface area contributed by atoms with E-state index in [2.05, 4.69) is 17.9 Å². The van der Waals surface area contributed by atoms with Crippen molar-refractivity contribution in [3.63, 3.8) is 0 Å². The molecule has 0 spiro atoms. The number of hydrogen-bond donors (Lipinski definition) is 2. The zero-order valence-electron chi connectivity index (χ0n) is 19.1. The molecule has 0 amide bonds. The third-order valence-electron chi connectivity index (χ3n) is 10.2. The fraction of sp³-hybridized carbons (Fsp3) is 0.917. The molecule has 6 rings (SSSR count). The lowest BCUT2D eigenvalue weighted by Gasteiger charge is -2.64. The molecule has 1 unspecified atom stereocenters. The van der Waals surface area contributed by atoms with Crippen LogP contribution in [0.2, 0.25) is 0 Å². The van der Waals surface area contributed by atoms with Gasteiger partial charge in [0.05, 0.1) is 31.0 Å². The average Bonchev–Trinajstić information content (AvgIpc) is 3.11. The summed E-state index contributed by atoms with van der Waals surface area (Å²) in [6.07, 6.45) is 3.41. The molecule has 4 aliphatic carbocycles. The second-order valence-electron chi connectivity index (χ2n) is 10.9.